The van der Waals surface area contributed by atoms with Crippen LogP contribution in [0, 0.1) is 11.6 Å². The second kappa shape index (κ2) is 6.97. The van der Waals surface area contributed by atoms with Gasteiger partial charge in [0, 0.05) is 31.8 Å². The Labute approximate surface area is 116 Å². The molecule has 0 saturated carbocycles. The lowest BCUT2D eigenvalue weighted by Crippen LogP contribution is -2.42. The number of aliphatic hydroxyl groups excluding tert-OH is 1. The normalized spacial score (nSPS) is 20.1. The molecule has 0 aromatic heterocycles. The quantitative estimate of drug-likeness (QED) is 0.892. The molecular formula is C14H19F2NO3. The van der Waals surface area contributed by atoms with Crippen LogP contribution in [-0.4, -0.2) is 49.5 Å². The van der Waals surface area contributed by atoms with Crippen LogP contribution in [0.3, 0.4) is 0 Å². The molecule has 6 heteroatoms. The largest absolute Gasteiger partial charge is 0.496 e. The first-order valence-electron chi connectivity index (χ1n) is 6.61. The zero-order chi connectivity index (χ0) is 14.5. The molecule has 1 heterocycles. The van der Waals surface area contributed by atoms with Crippen LogP contribution in [0.1, 0.15) is 12.0 Å². The van der Waals surface area contributed by atoms with Gasteiger partial charge in [-0.2, -0.15) is 0 Å². The first-order chi connectivity index (χ1) is 9.65. The number of ether oxygens (including phenoxy) is 2. The van der Waals surface area contributed by atoms with Gasteiger partial charge in [-0.05, 0) is 18.6 Å². The van der Waals surface area contributed by atoms with Crippen molar-refractivity contribution in [3.8, 4) is 5.75 Å². The molecule has 4 nitrogen and oxygen atoms in total. The van der Waals surface area contributed by atoms with Gasteiger partial charge in [0.15, 0.2) is 11.6 Å². The summed E-state index contributed by atoms with van der Waals surface area (Å²) in [5.41, 5.74) is 0.220. The van der Waals surface area contributed by atoms with E-state index in [0.29, 0.717) is 31.9 Å². The fourth-order valence-electron chi connectivity index (χ4n) is 2.38. The van der Waals surface area contributed by atoms with Crippen molar-refractivity contribution in [2.45, 2.75) is 19.1 Å². The third-order valence-electron chi connectivity index (χ3n) is 3.43. The van der Waals surface area contributed by atoms with Crippen LogP contribution in [0.5, 0.6) is 5.75 Å². The van der Waals surface area contributed by atoms with Gasteiger partial charge in [0.1, 0.15) is 5.75 Å². The SMILES string of the molecule is COc1ccc(F)c(F)c1CN1CCO[C@@H](CCO)C1. The number of methoxy groups -OCH3 is 1. The Kier molecular flexibility index (Phi) is 5.28. The number of hydrogen-bond acceptors (Lipinski definition) is 4. The van der Waals surface area contributed by atoms with E-state index in [2.05, 4.69) is 0 Å². The second-order valence-corrected chi connectivity index (χ2v) is 4.78. The lowest BCUT2D eigenvalue weighted by molar-refractivity contribution is -0.0411. The van der Waals surface area contributed by atoms with E-state index in [1.807, 2.05) is 4.90 Å². The van der Waals surface area contributed by atoms with Gasteiger partial charge in [-0.1, -0.05) is 0 Å². The molecule has 20 heavy (non-hydrogen) atoms. The van der Waals surface area contributed by atoms with Crippen LogP contribution in [0.15, 0.2) is 12.1 Å². The van der Waals surface area contributed by atoms with Crippen LogP contribution in [0.2, 0.25) is 0 Å². The minimum atomic E-state index is -0.874. The fraction of sp³-hybridized carbons (Fsp3) is 0.571. The summed E-state index contributed by atoms with van der Waals surface area (Å²) in [4.78, 5) is 1.98. The molecule has 1 aromatic rings. The van der Waals surface area contributed by atoms with Crippen LogP contribution in [-0.2, 0) is 11.3 Å². The Balaban J connectivity index is 2.11. The predicted octanol–water partition coefficient (Wildman–Crippen LogP) is 1.56. The monoisotopic (exact) mass is 287 g/mol. The Bertz CT molecular complexity index is 454. The number of morpholine rings is 1. The van der Waals surface area contributed by atoms with Crippen LogP contribution < -0.4 is 4.74 Å². The molecule has 0 radical (unpaired) electrons. The van der Waals surface area contributed by atoms with Crippen molar-refractivity contribution in [2.24, 2.45) is 0 Å². The minimum absolute atomic E-state index is 0.0517. The van der Waals surface area contributed by atoms with Gasteiger partial charge in [-0.25, -0.2) is 8.78 Å². The molecule has 1 aliphatic heterocycles. The van der Waals surface area contributed by atoms with E-state index in [9.17, 15) is 8.78 Å². The third-order valence-corrected chi connectivity index (χ3v) is 3.43. The van der Waals surface area contributed by atoms with Crippen molar-refractivity contribution in [3.63, 3.8) is 0 Å². The Morgan fingerprint density at radius 3 is 2.95 bits per heavy atom. The maximum Gasteiger partial charge on any atom is 0.167 e. The summed E-state index contributed by atoms with van der Waals surface area (Å²) < 4.78 is 37.8. The molecular weight excluding hydrogens is 268 g/mol. The van der Waals surface area contributed by atoms with Gasteiger partial charge in [0.2, 0.25) is 0 Å². The van der Waals surface area contributed by atoms with Crippen LogP contribution >= 0.6 is 0 Å². The van der Waals surface area contributed by atoms with E-state index in [-0.39, 0.29) is 24.8 Å². The molecule has 1 N–H and O–H groups in total. The summed E-state index contributed by atoms with van der Waals surface area (Å²) in [6, 6.07) is 2.49. The molecule has 0 amide bonds. The molecule has 1 aliphatic rings. The second-order valence-electron chi connectivity index (χ2n) is 4.78. The third kappa shape index (κ3) is 3.45. The average molecular weight is 287 g/mol. The standard InChI is InChI=1S/C14H19F2NO3/c1-19-13-3-2-12(15)14(16)11(13)9-17-5-7-20-10(8-17)4-6-18/h2-3,10,18H,4-9H2,1H3/t10-/m0/s1. The highest BCUT2D eigenvalue weighted by Crippen LogP contribution is 2.26. The zero-order valence-corrected chi connectivity index (χ0v) is 11.4. The maximum atomic E-state index is 13.9. The van der Waals surface area contributed by atoms with Crippen LogP contribution in [0.25, 0.3) is 0 Å². The van der Waals surface area contributed by atoms with Crippen molar-refractivity contribution in [3.05, 3.63) is 29.3 Å². The van der Waals surface area contributed by atoms with Gasteiger partial charge < -0.3 is 14.6 Å². The molecule has 0 bridgehead atoms. The molecule has 0 aliphatic carbocycles. The van der Waals surface area contributed by atoms with Crippen molar-refractivity contribution in [2.75, 3.05) is 33.4 Å². The van der Waals surface area contributed by atoms with Gasteiger partial charge >= 0.3 is 0 Å². The van der Waals surface area contributed by atoms with Gasteiger partial charge in [0.25, 0.3) is 0 Å². The zero-order valence-electron chi connectivity index (χ0n) is 11.4. The predicted molar refractivity (Wildman–Crippen MR) is 69.6 cm³/mol. The first kappa shape index (κ1) is 15.2. The number of aliphatic hydroxyl groups is 1. The highest BCUT2D eigenvalue weighted by molar-refractivity contribution is 5.35. The lowest BCUT2D eigenvalue weighted by Gasteiger charge is -2.33. The highest BCUT2D eigenvalue weighted by Gasteiger charge is 2.23. The van der Waals surface area contributed by atoms with E-state index in [4.69, 9.17) is 14.6 Å². The summed E-state index contributed by atoms with van der Waals surface area (Å²) in [5, 5.41) is 8.93. The van der Waals surface area contributed by atoms with Crippen molar-refractivity contribution < 1.29 is 23.4 Å². The van der Waals surface area contributed by atoms with E-state index < -0.39 is 11.6 Å². The van der Waals surface area contributed by atoms with Crippen LogP contribution in [0.4, 0.5) is 8.78 Å². The van der Waals surface area contributed by atoms with E-state index in [1.54, 1.807) is 0 Å². The lowest BCUT2D eigenvalue weighted by atomic mass is 10.1. The number of halogens is 2. The molecule has 0 unspecified atom stereocenters. The number of benzene rings is 1. The number of rotatable bonds is 5. The Morgan fingerprint density at radius 1 is 1.45 bits per heavy atom. The van der Waals surface area contributed by atoms with Crippen molar-refractivity contribution >= 4 is 0 Å². The molecule has 112 valence electrons. The summed E-state index contributed by atoms with van der Waals surface area (Å²) in [7, 11) is 1.43. The van der Waals surface area contributed by atoms with E-state index in [1.165, 1.54) is 13.2 Å². The maximum absolute atomic E-state index is 13.9. The minimum Gasteiger partial charge on any atom is -0.496 e. The summed E-state index contributed by atoms with van der Waals surface area (Å²) in [6.07, 6.45) is 0.468. The molecule has 1 saturated heterocycles. The van der Waals surface area contributed by atoms with Crippen molar-refractivity contribution in [1.82, 2.24) is 4.90 Å². The van der Waals surface area contributed by atoms with Crippen molar-refractivity contribution in [1.29, 1.82) is 0 Å². The van der Waals surface area contributed by atoms with E-state index in [0.717, 1.165) is 6.07 Å². The molecule has 1 aromatic carbocycles. The highest BCUT2D eigenvalue weighted by atomic mass is 19.2. The smallest absolute Gasteiger partial charge is 0.167 e. The van der Waals surface area contributed by atoms with Gasteiger partial charge in [-0.15, -0.1) is 0 Å². The first-order valence-corrected chi connectivity index (χ1v) is 6.61. The molecule has 1 atom stereocenters. The molecule has 1 fully saturated rings. The number of nitrogens with zero attached hydrogens (tertiary/aromatic N) is 1. The Hall–Kier alpha value is -1.24. The Morgan fingerprint density at radius 2 is 2.25 bits per heavy atom. The summed E-state index contributed by atoms with van der Waals surface area (Å²) >= 11 is 0. The van der Waals surface area contributed by atoms with Gasteiger partial charge in [-0.3, -0.25) is 4.90 Å². The fourth-order valence-corrected chi connectivity index (χ4v) is 2.38. The van der Waals surface area contributed by atoms with E-state index >= 15 is 0 Å². The number of hydrogen-bond donors (Lipinski definition) is 1. The summed E-state index contributed by atoms with van der Waals surface area (Å²) in [6.45, 7) is 2.05. The molecule has 2 rings (SSSR count). The summed E-state index contributed by atoms with van der Waals surface area (Å²) in [5.74, 6) is -1.40. The average Bonchev–Trinajstić information content (AvgIpc) is 2.45. The molecule has 0 spiro atoms. The topological polar surface area (TPSA) is 41.9 Å². The van der Waals surface area contributed by atoms with Gasteiger partial charge in [0.05, 0.1) is 19.8 Å².